The van der Waals surface area contributed by atoms with E-state index in [0.29, 0.717) is 5.92 Å². The molecule has 2 aromatic rings. The minimum atomic E-state index is 0.601. The summed E-state index contributed by atoms with van der Waals surface area (Å²) in [6.07, 6.45) is 3.98. The van der Waals surface area contributed by atoms with E-state index in [1.54, 1.807) is 6.20 Å². The molecule has 1 aromatic carbocycles. The van der Waals surface area contributed by atoms with Crippen LogP contribution in [0.25, 0.3) is 10.9 Å². The third-order valence-electron chi connectivity index (χ3n) is 3.48. The van der Waals surface area contributed by atoms with Gasteiger partial charge in [-0.05, 0) is 43.0 Å². The zero-order valence-electron chi connectivity index (χ0n) is 10.6. The average Bonchev–Trinajstić information content (AvgIpc) is 2.46. The lowest BCUT2D eigenvalue weighted by molar-refractivity contribution is 0.0500. The molecule has 1 fully saturated rings. The van der Waals surface area contributed by atoms with E-state index in [2.05, 4.69) is 27.0 Å². The van der Waals surface area contributed by atoms with Gasteiger partial charge in [-0.25, -0.2) is 0 Å². The van der Waals surface area contributed by atoms with Crippen LogP contribution in [-0.2, 0) is 4.74 Å². The van der Waals surface area contributed by atoms with E-state index in [0.717, 1.165) is 53.8 Å². The molecule has 0 spiro atoms. The molecule has 3 nitrogen and oxygen atoms in total. The van der Waals surface area contributed by atoms with Crippen molar-refractivity contribution in [2.75, 3.05) is 19.8 Å². The third-order valence-corrected chi connectivity index (χ3v) is 3.97. The zero-order chi connectivity index (χ0) is 13.1. The van der Waals surface area contributed by atoms with Crippen molar-refractivity contribution in [1.82, 2.24) is 4.98 Å². The summed E-state index contributed by atoms with van der Waals surface area (Å²) in [7, 11) is 0. The van der Waals surface area contributed by atoms with Gasteiger partial charge in [-0.1, -0.05) is 15.9 Å². The van der Waals surface area contributed by atoms with E-state index >= 15 is 0 Å². The molecule has 1 aliphatic rings. The largest absolute Gasteiger partial charge is 0.493 e. The van der Waals surface area contributed by atoms with E-state index < -0.39 is 0 Å². The molecule has 0 saturated carbocycles. The monoisotopic (exact) mass is 321 g/mol. The van der Waals surface area contributed by atoms with Gasteiger partial charge in [-0.15, -0.1) is 0 Å². The Bertz CT molecular complexity index is 567. The fourth-order valence-electron chi connectivity index (χ4n) is 2.34. The van der Waals surface area contributed by atoms with Crippen LogP contribution in [-0.4, -0.2) is 24.8 Å². The molecule has 0 radical (unpaired) electrons. The second-order valence-corrected chi connectivity index (χ2v) is 5.75. The quantitative estimate of drug-likeness (QED) is 0.861. The van der Waals surface area contributed by atoms with E-state index in [1.807, 2.05) is 18.2 Å². The number of hydrogen-bond acceptors (Lipinski definition) is 3. The molecule has 0 atom stereocenters. The van der Waals surface area contributed by atoms with Crippen LogP contribution < -0.4 is 4.74 Å². The normalized spacial score (nSPS) is 16.7. The van der Waals surface area contributed by atoms with Gasteiger partial charge in [0, 0.05) is 29.3 Å². The van der Waals surface area contributed by atoms with Crippen LogP contribution in [0.15, 0.2) is 34.9 Å². The van der Waals surface area contributed by atoms with E-state index in [1.165, 1.54) is 0 Å². The van der Waals surface area contributed by atoms with E-state index in [9.17, 15) is 0 Å². The van der Waals surface area contributed by atoms with Crippen molar-refractivity contribution in [2.24, 2.45) is 5.92 Å². The van der Waals surface area contributed by atoms with Crippen molar-refractivity contribution in [1.29, 1.82) is 0 Å². The number of fused-ring (bicyclic) bond motifs is 1. The van der Waals surface area contributed by atoms with Gasteiger partial charge in [-0.2, -0.15) is 0 Å². The third kappa shape index (κ3) is 3.07. The van der Waals surface area contributed by atoms with Crippen molar-refractivity contribution < 1.29 is 9.47 Å². The van der Waals surface area contributed by atoms with Gasteiger partial charge in [-0.3, -0.25) is 4.98 Å². The van der Waals surface area contributed by atoms with Crippen LogP contribution in [0.2, 0.25) is 0 Å². The number of nitrogens with zero attached hydrogens (tertiary/aromatic N) is 1. The summed E-state index contributed by atoms with van der Waals surface area (Å²) in [5.41, 5.74) is 0.965. The molecule has 4 heteroatoms. The first-order chi connectivity index (χ1) is 9.33. The predicted molar refractivity (Wildman–Crippen MR) is 78.5 cm³/mol. The molecule has 0 unspecified atom stereocenters. The van der Waals surface area contributed by atoms with Crippen LogP contribution in [0.4, 0.5) is 0 Å². The van der Waals surface area contributed by atoms with Crippen molar-refractivity contribution in [3.8, 4) is 5.75 Å². The highest BCUT2D eigenvalue weighted by Crippen LogP contribution is 2.28. The topological polar surface area (TPSA) is 31.4 Å². The van der Waals surface area contributed by atoms with Crippen molar-refractivity contribution >= 4 is 26.8 Å². The molecule has 0 aliphatic carbocycles. The van der Waals surface area contributed by atoms with Gasteiger partial charge in [0.25, 0.3) is 0 Å². The standard InChI is InChI=1S/C15H16BrNO2/c16-12-1-2-14-13(9-12)15(3-6-17-14)19-10-11-4-7-18-8-5-11/h1-3,6,9,11H,4-5,7-8,10H2. The Labute approximate surface area is 121 Å². The van der Waals surface area contributed by atoms with Crippen molar-refractivity contribution in [2.45, 2.75) is 12.8 Å². The van der Waals surface area contributed by atoms with Gasteiger partial charge < -0.3 is 9.47 Å². The number of aromatic nitrogens is 1. The molecule has 0 amide bonds. The molecule has 0 bridgehead atoms. The Balaban J connectivity index is 1.78. The predicted octanol–water partition coefficient (Wildman–Crippen LogP) is 3.80. The average molecular weight is 322 g/mol. The summed E-state index contributed by atoms with van der Waals surface area (Å²) in [5.74, 6) is 1.52. The van der Waals surface area contributed by atoms with Crippen LogP contribution in [0, 0.1) is 5.92 Å². The van der Waals surface area contributed by atoms with Crippen molar-refractivity contribution in [3.63, 3.8) is 0 Å². The second-order valence-electron chi connectivity index (χ2n) is 4.84. The molecule has 2 heterocycles. The molecular formula is C15H16BrNO2. The number of benzene rings is 1. The molecule has 19 heavy (non-hydrogen) atoms. The van der Waals surface area contributed by atoms with Gasteiger partial charge >= 0.3 is 0 Å². The van der Waals surface area contributed by atoms with Crippen LogP contribution in [0.5, 0.6) is 5.75 Å². The maximum Gasteiger partial charge on any atom is 0.130 e. The zero-order valence-corrected chi connectivity index (χ0v) is 12.2. The SMILES string of the molecule is Brc1ccc2nccc(OCC3CCOCC3)c2c1. The summed E-state index contributed by atoms with van der Waals surface area (Å²) in [4.78, 5) is 4.36. The molecule has 1 aromatic heterocycles. The van der Waals surface area contributed by atoms with Gasteiger partial charge in [0.2, 0.25) is 0 Å². The Morgan fingerprint density at radius 3 is 2.95 bits per heavy atom. The summed E-state index contributed by atoms with van der Waals surface area (Å²) < 4.78 is 12.4. The lowest BCUT2D eigenvalue weighted by Gasteiger charge is -2.22. The first-order valence-electron chi connectivity index (χ1n) is 6.58. The molecule has 1 saturated heterocycles. The summed E-state index contributed by atoms with van der Waals surface area (Å²) >= 11 is 3.49. The van der Waals surface area contributed by atoms with E-state index in [4.69, 9.17) is 9.47 Å². The number of rotatable bonds is 3. The highest BCUT2D eigenvalue weighted by Gasteiger charge is 2.15. The number of ether oxygens (including phenoxy) is 2. The van der Waals surface area contributed by atoms with Crippen molar-refractivity contribution in [3.05, 3.63) is 34.9 Å². The number of pyridine rings is 1. The van der Waals surface area contributed by atoms with Crippen LogP contribution in [0.3, 0.4) is 0 Å². The number of hydrogen-bond donors (Lipinski definition) is 0. The van der Waals surface area contributed by atoms with Gasteiger partial charge in [0.15, 0.2) is 0 Å². The summed E-state index contributed by atoms with van der Waals surface area (Å²) in [6.45, 7) is 2.47. The second kappa shape index (κ2) is 5.88. The molecule has 100 valence electrons. The lowest BCUT2D eigenvalue weighted by atomic mass is 10.0. The minimum Gasteiger partial charge on any atom is -0.493 e. The summed E-state index contributed by atoms with van der Waals surface area (Å²) in [5, 5.41) is 1.06. The highest BCUT2D eigenvalue weighted by molar-refractivity contribution is 9.10. The maximum absolute atomic E-state index is 6.00. The van der Waals surface area contributed by atoms with Gasteiger partial charge in [0.1, 0.15) is 5.75 Å². The Morgan fingerprint density at radius 2 is 2.11 bits per heavy atom. The Morgan fingerprint density at radius 1 is 1.26 bits per heavy atom. The fourth-order valence-corrected chi connectivity index (χ4v) is 2.70. The Hall–Kier alpha value is -1.13. The summed E-state index contributed by atoms with van der Waals surface area (Å²) in [6, 6.07) is 7.99. The maximum atomic E-state index is 6.00. The minimum absolute atomic E-state index is 0.601. The fraction of sp³-hybridized carbons (Fsp3) is 0.400. The molecule has 0 N–H and O–H groups in total. The highest BCUT2D eigenvalue weighted by atomic mass is 79.9. The van der Waals surface area contributed by atoms with Crippen LogP contribution in [0.1, 0.15) is 12.8 Å². The smallest absolute Gasteiger partial charge is 0.130 e. The molecular weight excluding hydrogens is 306 g/mol. The van der Waals surface area contributed by atoms with Gasteiger partial charge in [0.05, 0.1) is 12.1 Å². The number of halogens is 1. The lowest BCUT2D eigenvalue weighted by Crippen LogP contribution is -2.21. The molecule has 3 rings (SSSR count). The first-order valence-corrected chi connectivity index (χ1v) is 7.37. The van der Waals surface area contributed by atoms with E-state index in [-0.39, 0.29) is 0 Å². The molecule has 1 aliphatic heterocycles. The first kappa shape index (κ1) is 12.9. The van der Waals surface area contributed by atoms with Crippen LogP contribution >= 0.6 is 15.9 Å². The Kier molecular flexibility index (Phi) is 3.99.